The Balaban J connectivity index is 2.09. The highest BCUT2D eigenvalue weighted by atomic mass is 35.5. The van der Waals surface area contributed by atoms with Crippen LogP contribution in [0.5, 0.6) is 0 Å². The minimum atomic E-state index is -0.153. The molecular formula is C15H19ClN4O. The molecular weight excluding hydrogens is 288 g/mol. The Bertz CT molecular complexity index is 651. The van der Waals surface area contributed by atoms with E-state index >= 15 is 0 Å². The molecule has 0 atom stereocenters. The largest absolute Gasteiger partial charge is 0.348 e. The van der Waals surface area contributed by atoms with Gasteiger partial charge >= 0.3 is 0 Å². The van der Waals surface area contributed by atoms with E-state index in [0.717, 1.165) is 29.8 Å². The third-order valence-corrected chi connectivity index (χ3v) is 3.43. The molecule has 6 heteroatoms. The molecule has 0 aliphatic rings. The van der Waals surface area contributed by atoms with E-state index in [1.807, 2.05) is 27.1 Å². The average molecular weight is 307 g/mol. The first-order valence-electron chi connectivity index (χ1n) is 6.99. The Labute approximate surface area is 129 Å². The first-order valence-corrected chi connectivity index (χ1v) is 7.37. The van der Waals surface area contributed by atoms with E-state index in [1.165, 1.54) is 0 Å². The van der Waals surface area contributed by atoms with Gasteiger partial charge in [-0.1, -0.05) is 25.4 Å². The lowest BCUT2D eigenvalue weighted by atomic mass is 10.1. The number of hydrogen-bond donors (Lipinski definition) is 1. The Morgan fingerprint density at radius 1 is 1.33 bits per heavy atom. The molecule has 0 aliphatic heterocycles. The van der Waals surface area contributed by atoms with Gasteiger partial charge in [-0.05, 0) is 25.0 Å². The van der Waals surface area contributed by atoms with Crippen LogP contribution in [0, 0.1) is 0 Å². The maximum atomic E-state index is 12.2. The van der Waals surface area contributed by atoms with E-state index in [-0.39, 0.29) is 5.91 Å². The summed E-state index contributed by atoms with van der Waals surface area (Å²) in [6, 6.07) is 3.35. The van der Waals surface area contributed by atoms with Gasteiger partial charge in [0.15, 0.2) is 0 Å². The first kappa shape index (κ1) is 15.5. The van der Waals surface area contributed by atoms with Crippen LogP contribution in [0.3, 0.4) is 0 Å². The molecule has 2 aromatic rings. The van der Waals surface area contributed by atoms with Gasteiger partial charge in [0.2, 0.25) is 0 Å². The fraction of sp³-hybridized carbons (Fsp3) is 0.400. The second-order valence-corrected chi connectivity index (χ2v) is 5.22. The molecule has 0 unspecified atom stereocenters. The van der Waals surface area contributed by atoms with Crippen molar-refractivity contribution in [1.29, 1.82) is 0 Å². The number of aromatic nitrogens is 3. The fourth-order valence-electron chi connectivity index (χ4n) is 2.17. The van der Waals surface area contributed by atoms with Gasteiger partial charge in [-0.3, -0.25) is 9.48 Å². The van der Waals surface area contributed by atoms with Gasteiger partial charge in [0.25, 0.3) is 5.91 Å². The van der Waals surface area contributed by atoms with Crippen LogP contribution in [-0.4, -0.2) is 20.7 Å². The number of aryl methyl sites for hydroxylation is 3. The summed E-state index contributed by atoms with van der Waals surface area (Å²) in [6.45, 7) is 4.48. The van der Waals surface area contributed by atoms with Gasteiger partial charge in [0.05, 0.1) is 5.69 Å². The maximum Gasteiger partial charge on any atom is 0.251 e. The summed E-state index contributed by atoms with van der Waals surface area (Å²) in [5.74, 6) is -0.153. The van der Waals surface area contributed by atoms with Gasteiger partial charge in [-0.2, -0.15) is 5.10 Å². The molecule has 0 aliphatic carbocycles. The molecule has 1 amide bonds. The minimum absolute atomic E-state index is 0.153. The van der Waals surface area contributed by atoms with E-state index in [4.69, 9.17) is 11.6 Å². The predicted octanol–water partition coefficient (Wildman–Crippen LogP) is 2.52. The lowest BCUT2D eigenvalue weighted by Crippen LogP contribution is -2.23. The molecule has 1 N–H and O–H groups in total. The van der Waals surface area contributed by atoms with Gasteiger partial charge in [-0.25, -0.2) is 4.98 Å². The molecule has 2 rings (SSSR count). The summed E-state index contributed by atoms with van der Waals surface area (Å²) in [5.41, 5.74) is 3.38. The van der Waals surface area contributed by atoms with Crippen LogP contribution in [0.15, 0.2) is 18.3 Å². The lowest BCUT2D eigenvalue weighted by molar-refractivity contribution is 0.0950. The summed E-state index contributed by atoms with van der Waals surface area (Å²) in [5, 5.41) is 7.60. The molecule has 0 saturated carbocycles. The van der Waals surface area contributed by atoms with Crippen LogP contribution in [0.25, 0.3) is 0 Å². The third-order valence-electron chi connectivity index (χ3n) is 3.24. The molecule has 2 aromatic heterocycles. The van der Waals surface area contributed by atoms with Crippen LogP contribution in [0.2, 0.25) is 5.15 Å². The minimum Gasteiger partial charge on any atom is -0.348 e. The van der Waals surface area contributed by atoms with Crippen molar-refractivity contribution < 1.29 is 4.79 Å². The fourth-order valence-corrected chi connectivity index (χ4v) is 2.40. The van der Waals surface area contributed by atoms with E-state index in [2.05, 4.69) is 15.4 Å². The number of amides is 1. The molecule has 21 heavy (non-hydrogen) atoms. The Hall–Kier alpha value is -1.88. The van der Waals surface area contributed by atoms with Crippen molar-refractivity contribution in [3.05, 3.63) is 46.0 Å². The van der Waals surface area contributed by atoms with E-state index < -0.39 is 0 Å². The third kappa shape index (κ3) is 3.82. The lowest BCUT2D eigenvalue weighted by Gasteiger charge is -2.07. The number of carbonyl (C=O) groups is 1. The second kappa shape index (κ2) is 6.72. The molecule has 0 spiro atoms. The van der Waals surface area contributed by atoms with Crippen LogP contribution < -0.4 is 5.32 Å². The average Bonchev–Trinajstić information content (AvgIpc) is 2.84. The molecule has 0 aromatic carbocycles. The number of carbonyl (C=O) groups excluding carboxylic acids is 1. The summed E-state index contributed by atoms with van der Waals surface area (Å²) in [7, 11) is 1.88. The number of pyridine rings is 1. The van der Waals surface area contributed by atoms with Crippen molar-refractivity contribution in [1.82, 2.24) is 20.1 Å². The number of nitrogens with one attached hydrogen (secondary N) is 1. The van der Waals surface area contributed by atoms with Crippen LogP contribution >= 0.6 is 11.6 Å². The number of hydrogen-bond acceptors (Lipinski definition) is 3. The highest BCUT2D eigenvalue weighted by molar-refractivity contribution is 6.29. The normalized spacial score (nSPS) is 10.7. The van der Waals surface area contributed by atoms with Crippen molar-refractivity contribution in [3.63, 3.8) is 0 Å². The Morgan fingerprint density at radius 2 is 2.10 bits per heavy atom. The Morgan fingerprint density at radius 3 is 2.76 bits per heavy atom. The van der Waals surface area contributed by atoms with Gasteiger partial charge < -0.3 is 5.32 Å². The highest BCUT2D eigenvalue weighted by Crippen LogP contribution is 2.12. The van der Waals surface area contributed by atoms with Gasteiger partial charge in [0, 0.05) is 36.6 Å². The van der Waals surface area contributed by atoms with Crippen molar-refractivity contribution in [2.75, 3.05) is 0 Å². The van der Waals surface area contributed by atoms with E-state index in [1.54, 1.807) is 16.8 Å². The van der Waals surface area contributed by atoms with E-state index in [9.17, 15) is 4.79 Å². The van der Waals surface area contributed by atoms with Crippen molar-refractivity contribution >= 4 is 17.5 Å². The molecule has 0 saturated heterocycles. The SMILES string of the molecule is CCc1cc(C(=O)NCc2cn(C)nc2CC)cc(Cl)n1. The molecule has 0 fully saturated rings. The smallest absolute Gasteiger partial charge is 0.251 e. The molecule has 2 heterocycles. The molecule has 5 nitrogen and oxygen atoms in total. The monoisotopic (exact) mass is 306 g/mol. The van der Waals surface area contributed by atoms with Crippen LogP contribution in [-0.2, 0) is 26.4 Å². The number of rotatable bonds is 5. The van der Waals surface area contributed by atoms with Crippen molar-refractivity contribution in [3.8, 4) is 0 Å². The summed E-state index contributed by atoms with van der Waals surface area (Å²) in [6.07, 6.45) is 3.51. The Kier molecular flexibility index (Phi) is 4.96. The zero-order valence-electron chi connectivity index (χ0n) is 12.5. The maximum absolute atomic E-state index is 12.2. The molecule has 0 bridgehead atoms. The van der Waals surface area contributed by atoms with Crippen molar-refractivity contribution in [2.45, 2.75) is 33.2 Å². The number of nitrogens with zero attached hydrogens (tertiary/aromatic N) is 3. The number of halogens is 1. The zero-order chi connectivity index (χ0) is 15.4. The highest BCUT2D eigenvalue weighted by Gasteiger charge is 2.11. The first-order chi connectivity index (χ1) is 10.0. The summed E-state index contributed by atoms with van der Waals surface area (Å²) >= 11 is 5.94. The second-order valence-electron chi connectivity index (χ2n) is 4.83. The van der Waals surface area contributed by atoms with Gasteiger partial charge in [0.1, 0.15) is 5.15 Å². The van der Waals surface area contributed by atoms with Crippen LogP contribution in [0.4, 0.5) is 0 Å². The predicted molar refractivity (Wildman–Crippen MR) is 82.4 cm³/mol. The van der Waals surface area contributed by atoms with E-state index in [0.29, 0.717) is 17.3 Å². The van der Waals surface area contributed by atoms with Gasteiger partial charge in [-0.15, -0.1) is 0 Å². The topological polar surface area (TPSA) is 59.8 Å². The standard InChI is InChI=1S/C15H19ClN4O/c1-4-12-6-10(7-14(16)18-12)15(21)17-8-11-9-20(3)19-13(11)5-2/h6-7,9H,4-5,8H2,1-3H3,(H,17,21). The summed E-state index contributed by atoms with van der Waals surface area (Å²) in [4.78, 5) is 16.4. The molecule has 112 valence electrons. The van der Waals surface area contributed by atoms with Crippen LogP contribution in [0.1, 0.15) is 41.2 Å². The zero-order valence-corrected chi connectivity index (χ0v) is 13.2. The quantitative estimate of drug-likeness (QED) is 0.864. The van der Waals surface area contributed by atoms with Crippen molar-refractivity contribution in [2.24, 2.45) is 7.05 Å². The summed E-state index contributed by atoms with van der Waals surface area (Å²) < 4.78 is 1.76. The molecule has 0 radical (unpaired) electrons.